The van der Waals surface area contributed by atoms with Gasteiger partial charge in [-0.3, -0.25) is 4.79 Å². The highest BCUT2D eigenvalue weighted by atomic mass is 32.2. The maximum atomic E-state index is 11.9. The Balaban J connectivity index is 2.47. The minimum atomic E-state index is -0.541. The van der Waals surface area contributed by atoms with Crippen molar-refractivity contribution >= 4 is 17.5 Å². The van der Waals surface area contributed by atoms with Gasteiger partial charge in [0.15, 0.2) is 5.78 Å². The van der Waals surface area contributed by atoms with Gasteiger partial charge in [-0.25, -0.2) is 0 Å². The highest BCUT2D eigenvalue weighted by Gasteiger charge is 2.22. The number of methoxy groups -OCH3 is 1. The van der Waals surface area contributed by atoms with Crippen molar-refractivity contribution in [2.75, 3.05) is 13.0 Å². The lowest BCUT2D eigenvalue weighted by Crippen LogP contribution is -2.27. The van der Waals surface area contributed by atoms with Crippen molar-refractivity contribution in [1.82, 2.24) is 0 Å². The van der Waals surface area contributed by atoms with Crippen LogP contribution in [-0.2, 0) is 0 Å². The fourth-order valence-corrected chi connectivity index (χ4v) is 2.29. The van der Waals surface area contributed by atoms with Crippen LogP contribution in [0.4, 0.5) is 0 Å². The number of ketones is 1. The Morgan fingerprint density at radius 1 is 1.62 bits per heavy atom. The van der Waals surface area contributed by atoms with Crippen molar-refractivity contribution in [2.24, 2.45) is 5.73 Å². The summed E-state index contributed by atoms with van der Waals surface area (Å²) in [6.07, 6.45) is 0. The molecule has 0 bridgehead atoms. The lowest BCUT2D eigenvalue weighted by Gasteiger charge is -2.11. The monoisotopic (exact) mass is 239 g/mol. The molecule has 86 valence electrons. The molecule has 0 radical (unpaired) electrons. The van der Waals surface area contributed by atoms with E-state index in [1.54, 1.807) is 31.9 Å². The highest BCUT2D eigenvalue weighted by molar-refractivity contribution is 7.99. The predicted molar refractivity (Wildman–Crippen MR) is 62.3 cm³/mol. The zero-order valence-corrected chi connectivity index (χ0v) is 9.97. The topological polar surface area (TPSA) is 61.5 Å². The van der Waals surface area contributed by atoms with E-state index in [4.69, 9.17) is 15.2 Å². The standard InChI is InChI=1S/C11H13NO3S/c1-6(12)11(13)7-3-9-10(16-5-15-9)4-8(7)14-2/h3-4,6H,5,12H2,1-2H3. The molecule has 1 aromatic carbocycles. The lowest BCUT2D eigenvalue weighted by molar-refractivity contribution is 0.0964. The van der Waals surface area contributed by atoms with E-state index in [9.17, 15) is 4.79 Å². The molecule has 0 spiro atoms. The fourth-order valence-electron chi connectivity index (χ4n) is 1.53. The second-order valence-electron chi connectivity index (χ2n) is 3.56. The zero-order valence-electron chi connectivity index (χ0n) is 9.15. The average Bonchev–Trinajstić information content (AvgIpc) is 2.72. The van der Waals surface area contributed by atoms with Gasteiger partial charge in [0.2, 0.25) is 0 Å². The molecule has 1 unspecified atom stereocenters. The molecule has 0 aromatic heterocycles. The van der Waals surface area contributed by atoms with Gasteiger partial charge in [0.1, 0.15) is 17.4 Å². The molecule has 2 rings (SSSR count). The van der Waals surface area contributed by atoms with Crippen molar-refractivity contribution in [3.63, 3.8) is 0 Å². The van der Waals surface area contributed by atoms with Gasteiger partial charge in [0.25, 0.3) is 0 Å². The van der Waals surface area contributed by atoms with E-state index in [0.29, 0.717) is 17.3 Å². The van der Waals surface area contributed by atoms with Crippen LogP contribution < -0.4 is 15.2 Å². The first-order valence-corrected chi connectivity index (χ1v) is 5.89. The van der Waals surface area contributed by atoms with Crippen LogP contribution in [-0.4, -0.2) is 24.9 Å². The van der Waals surface area contributed by atoms with Crippen LogP contribution in [0.2, 0.25) is 0 Å². The number of hydrogen-bond donors (Lipinski definition) is 1. The molecule has 1 heterocycles. The van der Waals surface area contributed by atoms with E-state index in [-0.39, 0.29) is 5.78 Å². The van der Waals surface area contributed by atoms with E-state index >= 15 is 0 Å². The quantitative estimate of drug-likeness (QED) is 0.813. The van der Waals surface area contributed by atoms with E-state index < -0.39 is 6.04 Å². The van der Waals surface area contributed by atoms with Crippen LogP contribution >= 0.6 is 11.8 Å². The molecule has 5 heteroatoms. The van der Waals surface area contributed by atoms with Crippen molar-refractivity contribution in [3.8, 4) is 11.5 Å². The summed E-state index contributed by atoms with van der Waals surface area (Å²) in [5.74, 6) is 1.72. The summed E-state index contributed by atoms with van der Waals surface area (Å²) >= 11 is 1.58. The zero-order chi connectivity index (χ0) is 11.7. The number of carbonyl (C=O) groups excluding carboxylic acids is 1. The maximum Gasteiger partial charge on any atom is 0.183 e. The summed E-state index contributed by atoms with van der Waals surface area (Å²) in [6.45, 7) is 1.66. The Hall–Kier alpha value is -1.20. The number of hydrogen-bond acceptors (Lipinski definition) is 5. The first-order valence-electron chi connectivity index (χ1n) is 4.91. The SMILES string of the molecule is COc1cc2c(cc1C(=O)C(C)N)OCS2. The van der Waals surface area contributed by atoms with E-state index in [0.717, 1.165) is 10.6 Å². The molecule has 2 N–H and O–H groups in total. The van der Waals surface area contributed by atoms with Crippen LogP contribution in [0.5, 0.6) is 11.5 Å². The van der Waals surface area contributed by atoms with Crippen LogP contribution in [0.25, 0.3) is 0 Å². The van der Waals surface area contributed by atoms with Gasteiger partial charge in [-0.1, -0.05) is 11.8 Å². The van der Waals surface area contributed by atoms with Crippen molar-refractivity contribution in [3.05, 3.63) is 17.7 Å². The molecule has 0 amide bonds. The highest BCUT2D eigenvalue weighted by Crippen LogP contribution is 2.40. The summed E-state index contributed by atoms with van der Waals surface area (Å²) in [6, 6.07) is 2.99. The summed E-state index contributed by atoms with van der Waals surface area (Å²) in [7, 11) is 1.54. The molecule has 0 aliphatic carbocycles. The molecule has 1 aromatic rings. The average molecular weight is 239 g/mol. The Kier molecular flexibility index (Phi) is 3.07. The summed E-state index contributed by atoms with van der Waals surface area (Å²) in [5.41, 5.74) is 6.07. The third kappa shape index (κ3) is 1.88. The van der Waals surface area contributed by atoms with Crippen LogP contribution in [0, 0.1) is 0 Å². The lowest BCUT2D eigenvalue weighted by atomic mass is 10.0. The largest absolute Gasteiger partial charge is 0.496 e. The molecular formula is C11H13NO3S. The smallest absolute Gasteiger partial charge is 0.183 e. The van der Waals surface area contributed by atoms with E-state index in [1.807, 2.05) is 6.07 Å². The molecule has 1 aliphatic heterocycles. The van der Waals surface area contributed by atoms with Gasteiger partial charge in [0, 0.05) is 0 Å². The van der Waals surface area contributed by atoms with Gasteiger partial charge in [-0.05, 0) is 19.1 Å². The van der Waals surface area contributed by atoms with Gasteiger partial charge >= 0.3 is 0 Å². The van der Waals surface area contributed by atoms with Crippen molar-refractivity contribution in [1.29, 1.82) is 0 Å². The summed E-state index contributed by atoms with van der Waals surface area (Å²) in [5, 5.41) is 0. The molecule has 0 saturated carbocycles. The number of ether oxygens (including phenoxy) is 2. The maximum absolute atomic E-state index is 11.9. The molecule has 1 aliphatic rings. The molecule has 0 saturated heterocycles. The molecular weight excluding hydrogens is 226 g/mol. The third-order valence-corrected chi connectivity index (χ3v) is 3.24. The Labute approximate surface area is 98.1 Å². The first-order chi connectivity index (χ1) is 7.63. The van der Waals surface area contributed by atoms with Gasteiger partial charge < -0.3 is 15.2 Å². The first kappa shape index (κ1) is 11.3. The second-order valence-corrected chi connectivity index (χ2v) is 4.52. The minimum Gasteiger partial charge on any atom is -0.496 e. The summed E-state index contributed by atoms with van der Waals surface area (Å²) in [4.78, 5) is 12.9. The Morgan fingerprint density at radius 3 is 3.00 bits per heavy atom. The van der Waals surface area contributed by atoms with Crippen LogP contribution in [0.15, 0.2) is 17.0 Å². The molecule has 0 fully saturated rings. The Bertz CT molecular complexity index is 431. The molecule has 16 heavy (non-hydrogen) atoms. The number of thioether (sulfide) groups is 1. The van der Waals surface area contributed by atoms with Gasteiger partial charge in [0.05, 0.1) is 23.6 Å². The number of benzene rings is 1. The number of Topliss-reactive ketones (excluding diaryl/α,β-unsaturated/α-hetero) is 1. The Morgan fingerprint density at radius 2 is 2.38 bits per heavy atom. The van der Waals surface area contributed by atoms with E-state index in [2.05, 4.69) is 0 Å². The molecule has 4 nitrogen and oxygen atoms in total. The summed E-state index contributed by atoms with van der Waals surface area (Å²) < 4.78 is 10.6. The number of carbonyl (C=O) groups is 1. The number of fused-ring (bicyclic) bond motifs is 1. The van der Waals surface area contributed by atoms with E-state index in [1.165, 1.54) is 0 Å². The van der Waals surface area contributed by atoms with Crippen molar-refractivity contribution < 1.29 is 14.3 Å². The minimum absolute atomic E-state index is 0.139. The number of nitrogens with two attached hydrogens (primary N) is 1. The van der Waals surface area contributed by atoms with Gasteiger partial charge in [-0.15, -0.1) is 0 Å². The normalized spacial score (nSPS) is 15.2. The van der Waals surface area contributed by atoms with Gasteiger partial charge in [-0.2, -0.15) is 0 Å². The fraction of sp³-hybridized carbons (Fsp3) is 0.364. The third-order valence-electron chi connectivity index (χ3n) is 2.37. The number of rotatable bonds is 3. The predicted octanol–water partition coefficient (Wildman–Crippen LogP) is 1.67. The van der Waals surface area contributed by atoms with Crippen molar-refractivity contribution in [2.45, 2.75) is 17.9 Å². The van der Waals surface area contributed by atoms with Crippen LogP contribution in [0.1, 0.15) is 17.3 Å². The molecule has 1 atom stereocenters. The second kappa shape index (κ2) is 4.35. The van der Waals surface area contributed by atoms with Crippen LogP contribution in [0.3, 0.4) is 0 Å².